The lowest BCUT2D eigenvalue weighted by atomic mass is 9.89. The molecule has 4 rings (SSSR count). The molecule has 2 heterocycles. The van der Waals surface area contributed by atoms with E-state index in [1.807, 2.05) is 20.8 Å². The van der Waals surface area contributed by atoms with E-state index in [9.17, 15) is 22.8 Å². The predicted molar refractivity (Wildman–Crippen MR) is 142 cm³/mol. The first kappa shape index (κ1) is 29.7. The molecule has 9 nitrogen and oxygen atoms in total. The molecule has 2 amide bonds. The first-order valence-corrected chi connectivity index (χ1v) is 13.4. The summed E-state index contributed by atoms with van der Waals surface area (Å²) in [7, 11) is 1.56. The Bertz CT molecular complexity index is 1190. The van der Waals surface area contributed by atoms with Crippen LogP contribution < -0.4 is 20.5 Å². The summed E-state index contributed by atoms with van der Waals surface area (Å²) >= 11 is 0. The van der Waals surface area contributed by atoms with Crippen LogP contribution in [-0.4, -0.2) is 59.9 Å². The van der Waals surface area contributed by atoms with Crippen molar-refractivity contribution >= 4 is 17.8 Å². The zero-order chi connectivity index (χ0) is 29.5. The van der Waals surface area contributed by atoms with Gasteiger partial charge in [-0.1, -0.05) is 13.0 Å². The van der Waals surface area contributed by atoms with Crippen molar-refractivity contribution in [1.29, 1.82) is 0 Å². The summed E-state index contributed by atoms with van der Waals surface area (Å²) in [6, 6.07) is 2.86. The average Bonchev–Trinajstić information content (AvgIpc) is 3.65. The standard InChI is InChI=1S/C28H37F3N4O5/c1-6-27(7-2)15-23(36)35(25(32)34-27)21(10-11-38-5)17-13-18(17)24(37)33-20-14-26(3,4)40-22-9-8-16(12-19(20)22)39-28(29,30)31/h6,8-9,12,17-18,20-21H,1,7,10-11,13-15H2,2-5H3,(H2,32,34)(H,33,37)/t17-,18-,20?,21-,27-/m1/s1. The Labute approximate surface area is 231 Å². The Balaban J connectivity index is 1.53. The second-order valence-corrected chi connectivity index (χ2v) is 11.3. The number of methoxy groups -OCH3 is 1. The molecule has 12 heteroatoms. The van der Waals surface area contributed by atoms with E-state index in [4.69, 9.17) is 15.2 Å². The molecule has 0 spiro atoms. The number of carbonyl (C=O) groups excluding carboxylic acids is 2. The molecule has 1 saturated carbocycles. The second kappa shape index (κ2) is 10.9. The van der Waals surface area contributed by atoms with Gasteiger partial charge in [0.25, 0.3) is 0 Å². The van der Waals surface area contributed by atoms with Gasteiger partial charge >= 0.3 is 6.36 Å². The Hall–Kier alpha value is -3.28. The number of amides is 2. The summed E-state index contributed by atoms with van der Waals surface area (Å²) in [6.07, 6.45) is -1.16. The Kier molecular flexibility index (Phi) is 8.13. The molecule has 0 radical (unpaired) electrons. The number of benzene rings is 1. The number of hydrogen-bond acceptors (Lipinski definition) is 7. The molecule has 1 aliphatic carbocycles. The number of alkyl halides is 3. The fourth-order valence-corrected chi connectivity index (χ4v) is 5.77. The van der Waals surface area contributed by atoms with Crippen molar-refractivity contribution in [1.82, 2.24) is 10.2 Å². The normalized spacial score (nSPS) is 28.1. The maximum absolute atomic E-state index is 13.5. The lowest BCUT2D eigenvalue weighted by molar-refractivity contribution is -0.274. The van der Waals surface area contributed by atoms with Crippen LogP contribution in [0.25, 0.3) is 0 Å². The molecule has 1 unspecified atom stereocenters. The van der Waals surface area contributed by atoms with Gasteiger partial charge in [-0.3, -0.25) is 14.5 Å². The van der Waals surface area contributed by atoms with Gasteiger partial charge < -0.3 is 25.3 Å². The van der Waals surface area contributed by atoms with Crippen LogP contribution in [0.1, 0.15) is 64.5 Å². The van der Waals surface area contributed by atoms with Gasteiger partial charge in [0.1, 0.15) is 17.1 Å². The average molecular weight is 567 g/mol. The number of nitrogens with two attached hydrogens (primary N) is 1. The number of nitrogens with one attached hydrogen (secondary N) is 1. The number of aliphatic imine (C=N–C) groups is 1. The zero-order valence-electron chi connectivity index (χ0n) is 23.2. The number of nitrogens with zero attached hydrogens (tertiary/aromatic N) is 2. The quantitative estimate of drug-likeness (QED) is 0.410. The lowest BCUT2D eigenvalue weighted by Gasteiger charge is -2.39. The number of guanidine groups is 1. The minimum Gasteiger partial charge on any atom is -0.487 e. The van der Waals surface area contributed by atoms with Gasteiger partial charge in [0.05, 0.1) is 18.0 Å². The van der Waals surface area contributed by atoms with Gasteiger partial charge in [0.2, 0.25) is 11.8 Å². The zero-order valence-corrected chi connectivity index (χ0v) is 23.2. The first-order valence-electron chi connectivity index (χ1n) is 13.4. The minimum atomic E-state index is -4.85. The molecule has 1 aromatic rings. The molecule has 0 aromatic heterocycles. The molecular formula is C28H37F3N4O5. The molecule has 3 N–H and O–H groups in total. The molecule has 1 aromatic carbocycles. The molecule has 2 aliphatic heterocycles. The van der Waals surface area contributed by atoms with Crippen LogP contribution in [0.3, 0.4) is 0 Å². The molecule has 1 fully saturated rings. The highest BCUT2D eigenvalue weighted by molar-refractivity contribution is 6.00. The Morgan fingerprint density at radius 1 is 1.40 bits per heavy atom. The highest BCUT2D eigenvalue weighted by atomic mass is 19.4. The number of halogens is 3. The van der Waals surface area contributed by atoms with Gasteiger partial charge in [0, 0.05) is 37.7 Å². The second-order valence-electron chi connectivity index (χ2n) is 11.3. The smallest absolute Gasteiger partial charge is 0.487 e. The van der Waals surface area contributed by atoms with E-state index in [1.54, 1.807) is 13.2 Å². The summed E-state index contributed by atoms with van der Waals surface area (Å²) in [4.78, 5) is 32.8. The van der Waals surface area contributed by atoms with Gasteiger partial charge in [-0.05, 0) is 57.2 Å². The summed E-state index contributed by atoms with van der Waals surface area (Å²) in [6.45, 7) is 9.79. The van der Waals surface area contributed by atoms with Gasteiger partial charge in [-0.15, -0.1) is 19.8 Å². The molecule has 220 valence electrons. The van der Waals surface area contributed by atoms with Crippen LogP contribution in [0.4, 0.5) is 13.2 Å². The number of ether oxygens (including phenoxy) is 3. The number of fused-ring (bicyclic) bond motifs is 1. The van der Waals surface area contributed by atoms with Crippen LogP contribution in [0.2, 0.25) is 0 Å². The maximum Gasteiger partial charge on any atom is 0.573 e. The minimum absolute atomic E-state index is 0.0995. The largest absolute Gasteiger partial charge is 0.573 e. The molecule has 5 atom stereocenters. The van der Waals surface area contributed by atoms with Crippen molar-refractivity contribution in [3.63, 3.8) is 0 Å². The Morgan fingerprint density at radius 2 is 2.12 bits per heavy atom. The third-order valence-corrected chi connectivity index (χ3v) is 7.91. The molecule has 0 bridgehead atoms. The lowest BCUT2D eigenvalue weighted by Crippen LogP contribution is -2.56. The van der Waals surface area contributed by atoms with Crippen molar-refractivity contribution < 1.29 is 37.0 Å². The van der Waals surface area contributed by atoms with Crippen molar-refractivity contribution in [3.05, 3.63) is 36.4 Å². The molecular weight excluding hydrogens is 529 g/mol. The number of rotatable bonds is 10. The van der Waals surface area contributed by atoms with Gasteiger partial charge in [-0.2, -0.15) is 0 Å². The van der Waals surface area contributed by atoms with Crippen LogP contribution in [0.15, 0.2) is 35.8 Å². The highest BCUT2D eigenvalue weighted by Gasteiger charge is 2.53. The van der Waals surface area contributed by atoms with E-state index in [0.717, 1.165) is 0 Å². The van der Waals surface area contributed by atoms with E-state index in [1.165, 1.54) is 23.1 Å². The summed E-state index contributed by atoms with van der Waals surface area (Å²) < 4.78 is 53.8. The van der Waals surface area contributed by atoms with E-state index in [-0.39, 0.29) is 30.1 Å². The van der Waals surface area contributed by atoms with Crippen molar-refractivity contribution in [2.75, 3.05) is 13.7 Å². The first-order chi connectivity index (χ1) is 18.7. The predicted octanol–water partition coefficient (Wildman–Crippen LogP) is 4.23. The summed E-state index contributed by atoms with van der Waals surface area (Å²) in [5.74, 6) is -0.940. The van der Waals surface area contributed by atoms with E-state index < -0.39 is 41.3 Å². The van der Waals surface area contributed by atoms with Crippen LogP contribution in [0.5, 0.6) is 11.5 Å². The van der Waals surface area contributed by atoms with E-state index >= 15 is 0 Å². The summed E-state index contributed by atoms with van der Waals surface area (Å²) in [5.41, 5.74) is 5.30. The third kappa shape index (κ3) is 6.37. The van der Waals surface area contributed by atoms with Crippen LogP contribution >= 0.6 is 0 Å². The molecule has 40 heavy (non-hydrogen) atoms. The monoisotopic (exact) mass is 566 g/mol. The fraction of sp³-hybridized carbons (Fsp3) is 0.607. The van der Waals surface area contributed by atoms with Crippen molar-refractivity contribution in [2.24, 2.45) is 22.6 Å². The van der Waals surface area contributed by atoms with Crippen LogP contribution in [-0.2, 0) is 14.3 Å². The maximum atomic E-state index is 13.5. The number of hydrogen-bond donors (Lipinski definition) is 2. The molecule has 0 saturated heterocycles. The topological polar surface area (TPSA) is 115 Å². The van der Waals surface area contributed by atoms with Crippen LogP contribution in [0, 0.1) is 11.8 Å². The van der Waals surface area contributed by atoms with E-state index in [0.29, 0.717) is 43.6 Å². The van der Waals surface area contributed by atoms with Crippen molar-refractivity contribution in [2.45, 2.75) is 82.5 Å². The van der Waals surface area contributed by atoms with Crippen molar-refractivity contribution in [3.8, 4) is 11.5 Å². The Morgan fingerprint density at radius 3 is 2.73 bits per heavy atom. The fourth-order valence-electron chi connectivity index (χ4n) is 5.77. The third-order valence-electron chi connectivity index (χ3n) is 7.91. The van der Waals surface area contributed by atoms with E-state index in [2.05, 4.69) is 21.6 Å². The highest BCUT2D eigenvalue weighted by Crippen LogP contribution is 2.47. The summed E-state index contributed by atoms with van der Waals surface area (Å²) in [5, 5.41) is 3.02. The van der Waals surface area contributed by atoms with Gasteiger partial charge in [0.15, 0.2) is 5.96 Å². The molecule has 3 aliphatic rings. The number of carbonyl (C=O) groups is 2. The SMILES string of the molecule is C=C[C@@]1(CC)CC(=O)N([C@H](CCOC)[C@@H]2C[C@H]2C(=O)NC2CC(C)(C)Oc3ccc(OC(F)(F)F)cc32)C(N)=N1. The van der Waals surface area contributed by atoms with Gasteiger partial charge in [-0.25, -0.2) is 4.99 Å².